The molecule has 0 radical (unpaired) electrons. The standard InChI is InChI=1S/C40H44BrN10O4PS/c1-23-17-30(46-40-44-20-27(41)37(48-40)45-29-8-7-28-35(43-12-11-42-28)36(29)56(3,4)54)33(55-2)19-32(23)50-15-13-49(14-16-50)21-24-5-6-26-25(18-24)22-51(39(26)57)31-9-10-34(52)47-38(31)53/h5-8,11-12,17-20,31,39,57H,9-10,13-16,21-22H2,1-4H3,(H,47,52,53)(H2,44,45,46,48). The molecule has 8 rings (SSSR count). The van der Waals surface area contributed by atoms with E-state index >= 15 is 0 Å². The zero-order chi connectivity index (χ0) is 40.0. The Morgan fingerprint density at radius 3 is 2.54 bits per heavy atom. The van der Waals surface area contributed by atoms with Crippen molar-refractivity contribution >= 4 is 92.7 Å². The predicted molar refractivity (Wildman–Crippen MR) is 230 cm³/mol. The molecule has 3 aliphatic heterocycles. The van der Waals surface area contributed by atoms with Crippen LogP contribution in [-0.2, 0) is 27.2 Å². The SMILES string of the molecule is COc1cc(N2CCN(Cc3ccc4c(c3)CN(C3CCC(=O)NC3=O)C4S)CC2)c(C)cc1Nc1ncc(Br)c(Nc2ccc3nccnc3c2P(C)(C)=O)n1. The van der Waals surface area contributed by atoms with Crippen molar-refractivity contribution in [3.05, 3.63) is 87.8 Å². The number of carbonyl (C=O) groups excluding carboxylic acids is 2. The summed E-state index contributed by atoms with van der Waals surface area (Å²) in [6, 6.07) is 14.0. The second-order valence-electron chi connectivity index (χ2n) is 15.0. The normalized spacial score (nSPS) is 19.1. The Morgan fingerprint density at radius 2 is 1.79 bits per heavy atom. The molecular formula is C40H44BrN10O4PS. The Hall–Kier alpha value is -4.60. The molecule has 2 fully saturated rings. The largest absolute Gasteiger partial charge is 0.494 e. The first-order valence-electron chi connectivity index (χ1n) is 18.8. The van der Waals surface area contributed by atoms with Gasteiger partial charge in [-0.25, -0.2) is 4.98 Å². The number of anilines is 5. The quantitative estimate of drug-likeness (QED) is 0.0726. The third kappa shape index (κ3) is 8.11. The van der Waals surface area contributed by atoms with Crippen LogP contribution in [0, 0.1) is 6.92 Å². The van der Waals surface area contributed by atoms with E-state index < -0.39 is 7.14 Å². The summed E-state index contributed by atoms with van der Waals surface area (Å²) in [7, 11) is -1.12. The van der Waals surface area contributed by atoms with E-state index in [1.807, 2.05) is 12.1 Å². The molecular weight excluding hydrogens is 827 g/mol. The lowest BCUT2D eigenvalue weighted by molar-refractivity contribution is -0.137. The number of methoxy groups -OCH3 is 1. The Morgan fingerprint density at radius 1 is 1.00 bits per heavy atom. The molecule has 2 aromatic heterocycles. The number of rotatable bonds is 10. The number of nitrogens with zero attached hydrogens (tertiary/aromatic N) is 7. The van der Waals surface area contributed by atoms with Gasteiger partial charge in [-0.3, -0.25) is 34.7 Å². The smallest absolute Gasteiger partial charge is 0.243 e. The first kappa shape index (κ1) is 39.2. The highest BCUT2D eigenvalue weighted by Crippen LogP contribution is 2.42. The third-order valence-electron chi connectivity index (χ3n) is 10.8. The van der Waals surface area contributed by atoms with Crippen LogP contribution in [0.2, 0.25) is 0 Å². The van der Waals surface area contributed by atoms with Crippen LogP contribution < -0.4 is 30.9 Å². The number of imide groups is 1. The number of fused-ring (bicyclic) bond motifs is 2. The van der Waals surface area contributed by atoms with Crippen LogP contribution in [0.1, 0.15) is 40.5 Å². The molecule has 0 saturated carbocycles. The number of piperidine rings is 1. The number of hydrogen-bond donors (Lipinski definition) is 4. The molecule has 17 heteroatoms. The fourth-order valence-corrected chi connectivity index (χ4v) is 10.2. The number of halogens is 1. The van der Waals surface area contributed by atoms with E-state index in [0.29, 0.717) is 63.4 Å². The second-order valence-corrected chi connectivity index (χ2v) is 19.5. The maximum absolute atomic E-state index is 13.5. The average molecular weight is 872 g/mol. The van der Waals surface area contributed by atoms with Gasteiger partial charge in [-0.05, 0) is 83.1 Å². The van der Waals surface area contributed by atoms with Gasteiger partial charge in [0.25, 0.3) is 0 Å². The van der Waals surface area contributed by atoms with Crippen molar-refractivity contribution in [1.82, 2.24) is 35.1 Å². The topological polar surface area (TPSA) is 158 Å². The molecule has 2 unspecified atom stereocenters. The minimum Gasteiger partial charge on any atom is -0.494 e. The minimum atomic E-state index is -2.77. The van der Waals surface area contributed by atoms with Gasteiger partial charge in [0.15, 0.2) is 0 Å². The summed E-state index contributed by atoms with van der Waals surface area (Å²) in [6.07, 6.45) is 5.76. The summed E-state index contributed by atoms with van der Waals surface area (Å²) < 4.78 is 20.0. The fraction of sp³-hybridized carbons (Fsp3) is 0.350. The summed E-state index contributed by atoms with van der Waals surface area (Å²) >= 11 is 8.43. The number of amides is 2. The monoisotopic (exact) mass is 870 g/mol. The molecule has 0 aliphatic carbocycles. The van der Waals surface area contributed by atoms with Gasteiger partial charge in [-0.1, -0.05) is 18.2 Å². The van der Waals surface area contributed by atoms with Crippen LogP contribution >= 0.6 is 35.7 Å². The number of benzene rings is 3. The molecule has 3 N–H and O–H groups in total. The van der Waals surface area contributed by atoms with Gasteiger partial charge < -0.3 is 24.8 Å². The summed E-state index contributed by atoms with van der Waals surface area (Å²) in [5.74, 6) is 1.09. The Labute approximate surface area is 345 Å². The molecule has 0 bridgehead atoms. The minimum absolute atomic E-state index is 0.176. The van der Waals surface area contributed by atoms with Crippen LogP contribution in [-0.4, -0.2) is 94.2 Å². The first-order chi connectivity index (χ1) is 27.4. The van der Waals surface area contributed by atoms with Gasteiger partial charge >= 0.3 is 0 Å². The van der Waals surface area contributed by atoms with Crippen molar-refractivity contribution in [2.24, 2.45) is 0 Å². The molecule has 2 saturated heterocycles. The molecule has 2 atom stereocenters. The van der Waals surface area contributed by atoms with Crippen molar-refractivity contribution in [3.63, 3.8) is 0 Å². The zero-order valence-electron chi connectivity index (χ0n) is 32.1. The number of piperazine rings is 1. The molecule has 14 nitrogen and oxygen atoms in total. The van der Waals surface area contributed by atoms with Crippen LogP contribution in [0.5, 0.6) is 5.75 Å². The number of carbonyl (C=O) groups is 2. The number of aryl methyl sites for hydroxylation is 1. The number of nitrogens with one attached hydrogen (secondary N) is 3. The van der Waals surface area contributed by atoms with E-state index in [1.165, 1.54) is 11.1 Å². The molecule has 5 heterocycles. The van der Waals surface area contributed by atoms with E-state index in [9.17, 15) is 14.2 Å². The van der Waals surface area contributed by atoms with Gasteiger partial charge in [0.1, 0.15) is 24.2 Å². The maximum atomic E-state index is 13.5. The molecule has 2 amide bonds. The summed E-state index contributed by atoms with van der Waals surface area (Å²) in [6.45, 7) is 10.5. The van der Waals surface area contributed by atoms with Gasteiger partial charge in [0.2, 0.25) is 17.8 Å². The lowest BCUT2D eigenvalue weighted by atomic mass is 10.0. The van der Waals surface area contributed by atoms with E-state index in [-0.39, 0.29) is 23.2 Å². The van der Waals surface area contributed by atoms with E-state index in [2.05, 4.69) is 98.8 Å². The molecule has 3 aromatic carbocycles. The fourth-order valence-electron chi connectivity index (χ4n) is 8.01. The first-order valence-corrected chi connectivity index (χ1v) is 22.7. The number of hydrogen-bond acceptors (Lipinski definition) is 14. The molecule has 0 spiro atoms. The van der Waals surface area contributed by atoms with Crippen LogP contribution in [0.4, 0.5) is 28.8 Å². The molecule has 3 aliphatic rings. The van der Waals surface area contributed by atoms with E-state index in [4.69, 9.17) is 22.3 Å². The van der Waals surface area contributed by atoms with Crippen molar-refractivity contribution in [2.75, 3.05) is 62.2 Å². The highest BCUT2D eigenvalue weighted by molar-refractivity contribution is 9.10. The van der Waals surface area contributed by atoms with Crippen LogP contribution in [0.15, 0.2) is 65.5 Å². The number of ether oxygens (including phenoxy) is 1. The van der Waals surface area contributed by atoms with Gasteiger partial charge in [0, 0.05) is 76.0 Å². The predicted octanol–water partition coefficient (Wildman–Crippen LogP) is 6.11. The number of aromatic nitrogens is 4. The summed E-state index contributed by atoms with van der Waals surface area (Å²) in [4.78, 5) is 49.4. The van der Waals surface area contributed by atoms with Crippen molar-refractivity contribution in [2.45, 2.75) is 44.3 Å². The third-order valence-corrected chi connectivity index (χ3v) is 13.5. The molecule has 5 aromatic rings. The highest BCUT2D eigenvalue weighted by atomic mass is 79.9. The second kappa shape index (κ2) is 16.0. The van der Waals surface area contributed by atoms with Gasteiger partial charge in [-0.15, -0.1) is 0 Å². The summed E-state index contributed by atoms with van der Waals surface area (Å²) in [5, 5.41) is 9.62. The van der Waals surface area contributed by atoms with Gasteiger partial charge in [0.05, 0.1) is 45.2 Å². The molecule has 296 valence electrons. The van der Waals surface area contributed by atoms with Crippen molar-refractivity contribution in [3.8, 4) is 5.75 Å². The van der Waals surface area contributed by atoms with E-state index in [0.717, 1.165) is 55.2 Å². The number of thiol groups is 1. The maximum Gasteiger partial charge on any atom is 0.243 e. The average Bonchev–Trinajstić information content (AvgIpc) is 3.50. The van der Waals surface area contributed by atoms with Crippen molar-refractivity contribution in [1.29, 1.82) is 0 Å². The van der Waals surface area contributed by atoms with Crippen LogP contribution in [0.3, 0.4) is 0 Å². The zero-order valence-corrected chi connectivity index (χ0v) is 35.5. The van der Waals surface area contributed by atoms with Crippen molar-refractivity contribution < 1.29 is 18.9 Å². The highest BCUT2D eigenvalue weighted by Gasteiger charge is 2.39. The van der Waals surface area contributed by atoms with E-state index in [1.54, 1.807) is 39.0 Å². The Kier molecular flexibility index (Phi) is 11.0. The molecule has 57 heavy (non-hydrogen) atoms. The Bertz CT molecular complexity index is 2440. The Balaban J connectivity index is 0.925. The lowest BCUT2D eigenvalue weighted by Crippen LogP contribution is -2.51. The van der Waals surface area contributed by atoms with Crippen LogP contribution in [0.25, 0.3) is 11.0 Å². The van der Waals surface area contributed by atoms with Gasteiger partial charge in [-0.2, -0.15) is 17.6 Å². The lowest BCUT2D eigenvalue weighted by Gasteiger charge is -2.37. The summed E-state index contributed by atoms with van der Waals surface area (Å²) in [5.41, 5.74) is 8.37.